The van der Waals surface area contributed by atoms with Gasteiger partial charge in [-0.25, -0.2) is 9.37 Å². The Bertz CT molecular complexity index is 965. The van der Waals surface area contributed by atoms with E-state index in [2.05, 4.69) is 4.98 Å². The molecule has 0 fully saturated rings. The minimum absolute atomic E-state index is 0.00653. The first-order valence-corrected chi connectivity index (χ1v) is 6.65. The number of furan rings is 1. The smallest absolute Gasteiger partial charge is 0.223 e. The summed E-state index contributed by atoms with van der Waals surface area (Å²) in [5.41, 5.74) is 0.302. The SMILES string of the molecule is Cn1ccnc1C(=O)[C@@H](C#N)C(=O)c1cc2cc(F)ccc2o1. The highest BCUT2D eigenvalue weighted by atomic mass is 19.1. The Kier molecular flexibility index (Phi) is 3.50. The third kappa shape index (κ3) is 2.51. The summed E-state index contributed by atoms with van der Waals surface area (Å²) in [4.78, 5) is 28.6. The standard InChI is InChI=1S/C16H10FN3O3/c1-20-5-4-19-16(20)15(22)11(8-18)14(21)13-7-9-6-10(17)2-3-12(9)23-13/h2-7,11H,1H3/t11-/m0/s1. The topological polar surface area (TPSA) is 88.9 Å². The lowest BCUT2D eigenvalue weighted by Crippen LogP contribution is -2.25. The Hall–Kier alpha value is -3.27. The van der Waals surface area contributed by atoms with E-state index in [0.29, 0.717) is 11.0 Å². The van der Waals surface area contributed by atoms with E-state index in [0.717, 1.165) is 0 Å². The van der Waals surface area contributed by atoms with Crippen LogP contribution in [0.25, 0.3) is 11.0 Å². The second-order valence-electron chi connectivity index (χ2n) is 4.95. The second kappa shape index (κ2) is 5.50. The number of benzene rings is 1. The second-order valence-corrected chi connectivity index (χ2v) is 4.95. The van der Waals surface area contributed by atoms with Crippen LogP contribution >= 0.6 is 0 Å². The first-order chi connectivity index (χ1) is 11.0. The first kappa shape index (κ1) is 14.7. The van der Waals surface area contributed by atoms with Crippen molar-refractivity contribution >= 4 is 22.5 Å². The third-order valence-electron chi connectivity index (χ3n) is 3.42. The van der Waals surface area contributed by atoms with E-state index in [1.54, 1.807) is 13.1 Å². The molecule has 7 heteroatoms. The van der Waals surface area contributed by atoms with E-state index in [1.165, 1.54) is 41.2 Å². The van der Waals surface area contributed by atoms with Gasteiger partial charge in [-0.1, -0.05) is 0 Å². The van der Waals surface area contributed by atoms with Crippen molar-refractivity contribution in [2.45, 2.75) is 0 Å². The molecular weight excluding hydrogens is 301 g/mol. The molecule has 1 aromatic carbocycles. The molecule has 0 saturated carbocycles. The number of carbonyl (C=O) groups is 2. The van der Waals surface area contributed by atoms with Gasteiger partial charge in [0.15, 0.2) is 17.5 Å². The summed E-state index contributed by atoms with van der Waals surface area (Å²) >= 11 is 0. The number of Topliss-reactive ketones (excluding diaryl/α,β-unsaturated/α-hetero) is 2. The lowest BCUT2D eigenvalue weighted by atomic mass is 9.98. The van der Waals surface area contributed by atoms with Gasteiger partial charge in [-0.2, -0.15) is 5.26 Å². The third-order valence-corrected chi connectivity index (χ3v) is 3.42. The summed E-state index contributed by atoms with van der Waals surface area (Å²) in [6, 6.07) is 6.78. The number of rotatable bonds is 4. The van der Waals surface area contributed by atoms with Crippen LogP contribution in [-0.2, 0) is 7.05 Å². The summed E-state index contributed by atoms with van der Waals surface area (Å²) in [5, 5.41) is 9.59. The zero-order valence-electron chi connectivity index (χ0n) is 12.0. The average Bonchev–Trinajstić information content (AvgIpc) is 3.13. The van der Waals surface area contributed by atoms with Crippen LogP contribution in [0.3, 0.4) is 0 Å². The number of ketones is 2. The fourth-order valence-electron chi connectivity index (χ4n) is 2.25. The van der Waals surface area contributed by atoms with Crippen molar-refractivity contribution in [2.75, 3.05) is 0 Å². The van der Waals surface area contributed by atoms with Gasteiger partial charge in [0, 0.05) is 24.8 Å². The molecule has 0 saturated heterocycles. The number of nitriles is 1. The molecule has 6 nitrogen and oxygen atoms in total. The molecule has 2 aromatic heterocycles. The minimum Gasteiger partial charge on any atom is -0.453 e. The molecular formula is C16H10FN3O3. The fraction of sp³-hybridized carbons (Fsp3) is 0.125. The zero-order chi connectivity index (χ0) is 16.6. The lowest BCUT2D eigenvalue weighted by Gasteiger charge is -2.05. The molecule has 0 aliphatic carbocycles. The number of imidazole rings is 1. The number of aromatic nitrogens is 2. The van der Waals surface area contributed by atoms with Crippen molar-refractivity contribution in [3.63, 3.8) is 0 Å². The molecule has 3 rings (SSSR count). The van der Waals surface area contributed by atoms with Crippen LogP contribution in [0.1, 0.15) is 21.2 Å². The van der Waals surface area contributed by atoms with Crippen LogP contribution in [0, 0.1) is 23.1 Å². The predicted octanol–water partition coefficient (Wildman–Crippen LogP) is 2.51. The minimum atomic E-state index is -1.57. The number of hydrogen-bond acceptors (Lipinski definition) is 5. The molecule has 1 atom stereocenters. The van der Waals surface area contributed by atoms with Crippen molar-refractivity contribution in [3.8, 4) is 6.07 Å². The largest absolute Gasteiger partial charge is 0.453 e. The molecule has 0 N–H and O–H groups in total. The molecule has 0 bridgehead atoms. The Morgan fingerprint density at radius 1 is 1.35 bits per heavy atom. The van der Waals surface area contributed by atoms with Gasteiger partial charge in [-0.3, -0.25) is 9.59 Å². The lowest BCUT2D eigenvalue weighted by molar-refractivity contribution is 0.0823. The molecule has 0 spiro atoms. The molecule has 23 heavy (non-hydrogen) atoms. The van der Waals surface area contributed by atoms with Crippen molar-refractivity contribution in [2.24, 2.45) is 13.0 Å². The number of nitrogens with zero attached hydrogens (tertiary/aromatic N) is 3. The van der Waals surface area contributed by atoms with E-state index in [9.17, 15) is 19.2 Å². The quantitative estimate of drug-likeness (QED) is 0.545. The van der Waals surface area contributed by atoms with Gasteiger partial charge in [0.1, 0.15) is 11.4 Å². The van der Waals surface area contributed by atoms with Crippen molar-refractivity contribution < 1.29 is 18.4 Å². The van der Waals surface area contributed by atoms with Gasteiger partial charge in [-0.05, 0) is 24.3 Å². The highest BCUT2D eigenvalue weighted by Gasteiger charge is 2.32. The Morgan fingerprint density at radius 2 is 2.13 bits per heavy atom. The predicted molar refractivity (Wildman–Crippen MR) is 77.1 cm³/mol. The Morgan fingerprint density at radius 3 is 2.78 bits per heavy atom. The Balaban J connectivity index is 1.97. The monoisotopic (exact) mass is 311 g/mol. The first-order valence-electron chi connectivity index (χ1n) is 6.65. The Labute approximate surface area is 129 Å². The summed E-state index contributed by atoms with van der Waals surface area (Å²) in [7, 11) is 1.59. The molecule has 0 aliphatic rings. The molecule has 2 heterocycles. The molecule has 114 valence electrons. The molecule has 0 unspecified atom stereocenters. The summed E-state index contributed by atoms with van der Waals surface area (Å²) < 4.78 is 19.9. The van der Waals surface area contributed by atoms with Gasteiger partial charge in [0.2, 0.25) is 11.6 Å². The van der Waals surface area contributed by atoms with Gasteiger partial charge < -0.3 is 8.98 Å². The van der Waals surface area contributed by atoms with Gasteiger partial charge in [0.25, 0.3) is 0 Å². The number of aryl methyl sites for hydroxylation is 1. The molecule has 0 aliphatic heterocycles. The van der Waals surface area contributed by atoms with Crippen molar-refractivity contribution in [3.05, 3.63) is 54.1 Å². The normalized spacial score (nSPS) is 12.0. The van der Waals surface area contributed by atoms with Crippen LogP contribution in [0.5, 0.6) is 0 Å². The van der Waals surface area contributed by atoms with E-state index in [-0.39, 0.29) is 11.6 Å². The molecule has 3 aromatic rings. The molecule has 0 amide bonds. The van der Waals surface area contributed by atoms with E-state index in [1.807, 2.05) is 0 Å². The number of halogens is 1. The van der Waals surface area contributed by atoms with Crippen molar-refractivity contribution in [1.82, 2.24) is 9.55 Å². The highest BCUT2D eigenvalue weighted by molar-refractivity contribution is 6.16. The average molecular weight is 311 g/mol. The summed E-state index contributed by atoms with van der Waals surface area (Å²) in [6.45, 7) is 0. The summed E-state index contributed by atoms with van der Waals surface area (Å²) in [6.07, 6.45) is 2.94. The molecule has 0 radical (unpaired) electrons. The van der Waals surface area contributed by atoms with Gasteiger partial charge in [-0.15, -0.1) is 0 Å². The van der Waals surface area contributed by atoms with Crippen LogP contribution in [-0.4, -0.2) is 21.1 Å². The van der Waals surface area contributed by atoms with Crippen LogP contribution < -0.4 is 0 Å². The maximum Gasteiger partial charge on any atom is 0.223 e. The van der Waals surface area contributed by atoms with E-state index < -0.39 is 23.3 Å². The van der Waals surface area contributed by atoms with Crippen LogP contribution in [0.15, 0.2) is 41.1 Å². The van der Waals surface area contributed by atoms with Crippen LogP contribution in [0.4, 0.5) is 4.39 Å². The maximum atomic E-state index is 13.2. The highest BCUT2D eigenvalue weighted by Crippen LogP contribution is 2.23. The zero-order valence-corrected chi connectivity index (χ0v) is 12.0. The number of carbonyl (C=O) groups excluding carboxylic acids is 2. The number of fused-ring (bicyclic) bond motifs is 1. The van der Waals surface area contributed by atoms with Gasteiger partial charge in [0.05, 0.1) is 6.07 Å². The van der Waals surface area contributed by atoms with E-state index >= 15 is 0 Å². The summed E-state index contributed by atoms with van der Waals surface area (Å²) in [5.74, 6) is -3.69. The maximum absolute atomic E-state index is 13.2. The number of hydrogen-bond donors (Lipinski definition) is 0. The fourth-order valence-corrected chi connectivity index (χ4v) is 2.25. The van der Waals surface area contributed by atoms with E-state index in [4.69, 9.17) is 4.42 Å². The van der Waals surface area contributed by atoms with Gasteiger partial charge >= 0.3 is 0 Å². The van der Waals surface area contributed by atoms with Crippen LogP contribution in [0.2, 0.25) is 0 Å². The van der Waals surface area contributed by atoms with Crippen molar-refractivity contribution in [1.29, 1.82) is 5.26 Å².